The van der Waals surface area contributed by atoms with Gasteiger partial charge < -0.3 is 9.53 Å². The molecule has 12 heavy (non-hydrogen) atoms. The van der Waals surface area contributed by atoms with E-state index in [4.69, 9.17) is 4.43 Å². The molecule has 0 atom stereocenters. The van der Waals surface area contributed by atoms with Crippen molar-refractivity contribution in [1.29, 1.82) is 0 Å². The predicted octanol–water partition coefficient (Wildman–Crippen LogP) is 0.658. The summed E-state index contributed by atoms with van der Waals surface area (Å²) in [5.74, 6) is 1.02. The molecule has 1 aliphatic carbocycles. The molecule has 0 bridgehead atoms. The SMILES string of the molecule is CC(C)(O)C1=CCC=C(O[SiH3])C1. The van der Waals surface area contributed by atoms with E-state index >= 15 is 0 Å². The Morgan fingerprint density at radius 3 is 2.67 bits per heavy atom. The minimum absolute atomic E-state index is 0.695. The van der Waals surface area contributed by atoms with Crippen LogP contribution in [-0.2, 0) is 4.43 Å². The van der Waals surface area contributed by atoms with Crippen LogP contribution in [0, 0.1) is 0 Å². The Morgan fingerprint density at radius 2 is 2.17 bits per heavy atom. The Balaban J connectivity index is 2.67. The third kappa shape index (κ3) is 2.22. The average Bonchev–Trinajstić information content (AvgIpc) is 2.03. The number of rotatable bonds is 2. The van der Waals surface area contributed by atoms with Gasteiger partial charge in [-0.05, 0) is 31.9 Å². The summed E-state index contributed by atoms with van der Waals surface area (Å²) in [6.07, 6.45) is 5.80. The predicted molar refractivity (Wildman–Crippen MR) is 52.7 cm³/mol. The lowest BCUT2D eigenvalue weighted by Gasteiger charge is -2.25. The molecule has 0 fully saturated rings. The summed E-state index contributed by atoms with van der Waals surface area (Å²) in [4.78, 5) is 0. The van der Waals surface area contributed by atoms with Crippen molar-refractivity contribution in [1.82, 2.24) is 0 Å². The van der Waals surface area contributed by atoms with Crippen LogP contribution in [-0.4, -0.2) is 21.2 Å². The normalized spacial score (nSPS) is 18.6. The lowest BCUT2D eigenvalue weighted by Crippen LogP contribution is -2.23. The molecule has 0 amide bonds. The van der Waals surface area contributed by atoms with Crippen molar-refractivity contribution in [2.24, 2.45) is 0 Å². The van der Waals surface area contributed by atoms with E-state index in [1.807, 2.05) is 13.8 Å². The summed E-state index contributed by atoms with van der Waals surface area (Å²) in [5, 5.41) is 9.72. The molecule has 0 aromatic rings. The zero-order valence-electron chi connectivity index (χ0n) is 7.92. The zero-order chi connectivity index (χ0) is 9.19. The largest absolute Gasteiger partial charge is 0.556 e. The summed E-state index contributed by atoms with van der Waals surface area (Å²) in [7, 11) is 0.731. The summed E-state index contributed by atoms with van der Waals surface area (Å²) < 4.78 is 5.26. The molecule has 68 valence electrons. The Kier molecular flexibility index (Phi) is 2.75. The molecule has 0 aliphatic heterocycles. The molecule has 1 aliphatic rings. The van der Waals surface area contributed by atoms with Gasteiger partial charge in [0.05, 0.1) is 11.4 Å². The topological polar surface area (TPSA) is 29.5 Å². The molecule has 0 saturated heterocycles. The van der Waals surface area contributed by atoms with E-state index in [1.54, 1.807) is 0 Å². The quantitative estimate of drug-likeness (QED) is 0.504. The highest BCUT2D eigenvalue weighted by Crippen LogP contribution is 2.27. The number of hydrogen-bond acceptors (Lipinski definition) is 2. The van der Waals surface area contributed by atoms with Gasteiger partial charge in [0.2, 0.25) is 10.5 Å². The first kappa shape index (κ1) is 9.54. The third-order valence-corrected chi connectivity index (χ3v) is 2.65. The summed E-state index contributed by atoms with van der Waals surface area (Å²) in [5.41, 5.74) is 0.371. The molecule has 0 aromatic carbocycles. The van der Waals surface area contributed by atoms with Crippen molar-refractivity contribution in [3.8, 4) is 0 Å². The number of aliphatic hydroxyl groups is 1. The molecule has 0 spiro atoms. The van der Waals surface area contributed by atoms with E-state index in [2.05, 4.69) is 12.2 Å². The van der Waals surface area contributed by atoms with Crippen molar-refractivity contribution in [2.45, 2.75) is 32.3 Å². The third-order valence-electron chi connectivity index (χ3n) is 2.12. The first-order chi connectivity index (χ1) is 5.54. The van der Waals surface area contributed by atoms with E-state index in [0.29, 0.717) is 0 Å². The van der Waals surface area contributed by atoms with Gasteiger partial charge in [-0.1, -0.05) is 6.08 Å². The molecule has 1 rings (SSSR count). The first-order valence-electron chi connectivity index (χ1n) is 4.19. The number of allylic oxidation sites excluding steroid dienone is 3. The van der Waals surface area contributed by atoms with Crippen LogP contribution in [0.15, 0.2) is 23.5 Å². The lowest BCUT2D eigenvalue weighted by atomic mass is 9.91. The fraction of sp³-hybridized carbons (Fsp3) is 0.556. The average molecular weight is 184 g/mol. The Labute approximate surface area is 76.5 Å². The van der Waals surface area contributed by atoms with Crippen molar-refractivity contribution in [2.75, 3.05) is 0 Å². The highest BCUT2D eigenvalue weighted by molar-refractivity contribution is 5.98. The Morgan fingerprint density at radius 1 is 1.50 bits per heavy atom. The van der Waals surface area contributed by atoms with Crippen molar-refractivity contribution in [3.63, 3.8) is 0 Å². The molecule has 0 unspecified atom stereocenters. The Bertz CT molecular complexity index is 223. The molecule has 0 radical (unpaired) electrons. The van der Waals surface area contributed by atoms with E-state index in [1.165, 1.54) is 0 Å². The van der Waals surface area contributed by atoms with E-state index in [0.717, 1.165) is 34.7 Å². The van der Waals surface area contributed by atoms with Crippen LogP contribution in [0.2, 0.25) is 0 Å². The zero-order valence-corrected chi connectivity index (χ0v) is 9.92. The van der Waals surface area contributed by atoms with E-state index < -0.39 is 5.60 Å². The fourth-order valence-electron chi connectivity index (χ4n) is 1.29. The van der Waals surface area contributed by atoms with Gasteiger partial charge in [-0.3, -0.25) is 0 Å². The van der Waals surface area contributed by atoms with E-state index in [-0.39, 0.29) is 0 Å². The van der Waals surface area contributed by atoms with Gasteiger partial charge in [0.15, 0.2) is 0 Å². The van der Waals surface area contributed by atoms with Gasteiger partial charge in [0, 0.05) is 6.42 Å². The van der Waals surface area contributed by atoms with Gasteiger partial charge in [0.1, 0.15) is 0 Å². The van der Waals surface area contributed by atoms with Crippen LogP contribution in [0.3, 0.4) is 0 Å². The van der Waals surface area contributed by atoms with Gasteiger partial charge in [-0.25, -0.2) is 0 Å². The second kappa shape index (κ2) is 3.45. The minimum atomic E-state index is -0.695. The maximum Gasteiger partial charge on any atom is 0.203 e. The van der Waals surface area contributed by atoms with Crippen LogP contribution in [0.25, 0.3) is 0 Å². The molecule has 0 heterocycles. The molecule has 0 saturated carbocycles. The second-order valence-electron chi connectivity index (χ2n) is 3.58. The first-order valence-corrected chi connectivity index (χ1v) is 5.00. The van der Waals surface area contributed by atoms with Crippen molar-refractivity contribution in [3.05, 3.63) is 23.5 Å². The highest BCUT2D eigenvalue weighted by Gasteiger charge is 2.21. The van der Waals surface area contributed by atoms with Crippen molar-refractivity contribution < 1.29 is 9.53 Å². The highest BCUT2D eigenvalue weighted by atomic mass is 28.2. The van der Waals surface area contributed by atoms with Crippen LogP contribution in [0.5, 0.6) is 0 Å². The Hall–Kier alpha value is -0.543. The van der Waals surface area contributed by atoms with Gasteiger partial charge >= 0.3 is 0 Å². The molecule has 0 aromatic heterocycles. The van der Waals surface area contributed by atoms with Crippen molar-refractivity contribution >= 4 is 10.5 Å². The van der Waals surface area contributed by atoms with Gasteiger partial charge in [0.25, 0.3) is 0 Å². The molecule has 3 heteroatoms. The van der Waals surface area contributed by atoms with E-state index in [9.17, 15) is 5.11 Å². The molecular formula is C9H16O2Si. The summed E-state index contributed by atoms with van der Waals surface area (Å²) >= 11 is 0. The van der Waals surface area contributed by atoms with Crippen LogP contribution >= 0.6 is 0 Å². The molecule has 2 nitrogen and oxygen atoms in total. The van der Waals surface area contributed by atoms with Crippen LogP contribution < -0.4 is 0 Å². The minimum Gasteiger partial charge on any atom is -0.556 e. The number of hydrogen-bond donors (Lipinski definition) is 1. The summed E-state index contributed by atoms with van der Waals surface area (Å²) in [6.45, 7) is 3.63. The van der Waals surface area contributed by atoms with Gasteiger partial charge in [-0.15, -0.1) is 0 Å². The standard InChI is InChI=1S/C9H16O2Si/c1-9(2,10)7-4-3-5-8(6-7)11-12/h4-5,10H,3,6H2,1-2,12H3. The van der Waals surface area contributed by atoms with Crippen LogP contribution in [0.1, 0.15) is 26.7 Å². The second-order valence-corrected chi connectivity index (χ2v) is 3.98. The maximum atomic E-state index is 9.72. The maximum absolute atomic E-state index is 9.72. The lowest BCUT2D eigenvalue weighted by molar-refractivity contribution is 0.115. The monoisotopic (exact) mass is 184 g/mol. The molecular weight excluding hydrogens is 168 g/mol. The summed E-state index contributed by atoms with van der Waals surface area (Å²) in [6, 6.07) is 0. The van der Waals surface area contributed by atoms with Gasteiger partial charge in [-0.2, -0.15) is 0 Å². The van der Waals surface area contributed by atoms with Crippen LogP contribution in [0.4, 0.5) is 0 Å². The fourth-order valence-corrected chi connectivity index (χ4v) is 1.60. The smallest absolute Gasteiger partial charge is 0.203 e. The molecule has 1 N–H and O–H groups in total.